The first-order valence-corrected chi connectivity index (χ1v) is 12.1. The maximum absolute atomic E-state index is 13.5. The number of nitro benzene ring substituents is 1. The number of aromatic nitrogens is 3. The lowest BCUT2D eigenvalue weighted by Crippen LogP contribution is -2.10. The van der Waals surface area contributed by atoms with Gasteiger partial charge in [0.05, 0.1) is 26.6 Å². The average molecular weight is 567 g/mol. The van der Waals surface area contributed by atoms with Crippen LogP contribution in [0.1, 0.15) is 37.5 Å². The van der Waals surface area contributed by atoms with Gasteiger partial charge in [0.2, 0.25) is 5.16 Å². The molecule has 0 aliphatic rings. The van der Waals surface area contributed by atoms with Gasteiger partial charge < -0.3 is 0 Å². The third-order valence-electron chi connectivity index (χ3n) is 5.76. The molecule has 0 saturated heterocycles. The summed E-state index contributed by atoms with van der Waals surface area (Å²) in [4.78, 5) is 10.4. The topological polar surface area (TPSA) is 73.8 Å². The molecule has 0 fully saturated rings. The zero-order chi connectivity index (χ0) is 28.8. The summed E-state index contributed by atoms with van der Waals surface area (Å²) in [6.07, 6.45) is -9.46. The van der Waals surface area contributed by atoms with Crippen LogP contribution in [0.4, 0.5) is 32.0 Å². The second-order valence-electron chi connectivity index (χ2n) is 9.56. The lowest BCUT2D eigenvalue weighted by Gasteiger charge is -2.19. The molecule has 0 saturated carbocycles. The first-order chi connectivity index (χ1) is 18.1. The molecule has 1 aromatic heterocycles. The Morgan fingerprint density at radius 3 is 1.95 bits per heavy atom. The molecule has 0 atom stereocenters. The van der Waals surface area contributed by atoms with E-state index in [1.807, 2.05) is 32.9 Å². The van der Waals surface area contributed by atoms with E-state index in [-0.39, 0.29) is 27.0 Å². The highest BCUT2D eigenvalue weighted by atomic mass is 32.2. The van der Waals surface area contributed by atoms with Crippen molar-refractivity contribution in [3.05, 3.63) is 93.5 Å². The van der Waals surface area contributed by atoms with Crippen molar-refractivity contribution in [1.29, 1.82) is 0 Å². The second-order valence-corrected chi connectivity index (χ2v) is 10.6. The standard InChI is InChI=1S/C26H20F6N4O2S/c1-24(2,3)16-9-7-15(8-10-16)22-33-34-23(35(22)19-6-4-5-17(13-19)25(27,28)29)39-21-12-11-18(26(30,31)32)14-20(21)36(37)38/h4-14H,1-3H3. The predicted octanol–water partition coefficient (Wildman–Crippen LogP) is 8.33. The number of alkyl halides is 6. The molecule has 39 heavy (non-hydrogen) atoms. The van der Waals surface area contributed by atoms with E-state index in [1.54, 1.807) is 12.1 Å². The molecule has 0 N–H and O–H groups in total. The Kier molecular flexibility index (Phi) is 7.23. The lowest BCUT2D eigenvalue weighted by atomic mass is 9.87. The summed E-state index contributed by atoms with van der Waals surface area (Å²) >= 11 is 0.619. The molecular weight excluding hydrogens is 546 g/mol. The SMILES string of the molecule is CC(C)(C)c1ccc(-c2nnc(Sc3ccc(C(F)(F)F)cc3[N+](=O)[O-])n2-c2cccc(C(F)(F)F)c2)cc1. The highest BCUT2D eigenvalue weighted by Gasteiger charge is 2.34. The largest absolute Gasteiger partial charge is 0.416 e. The normalized spacial score (nSPS) is 12.5. The molecule has 0 amide bonds. The predicted molar refractivity (Wildman–Crippen MR) is 133 cm³/mol. The van der Waals surface area contributed by atoms with Gasteiger partial charge in [0, 0.05) is 11.6 Å². The molecular formula is C26H20F6N4O2S. The van der Waals surface area contributed by atoms with E-state index in [0.717, 1.165) is 23.8 Å². The van der Waals surface area contributed by atoms with Crippen LogP contribution in [-0.4, -0.2) is 19.7 Å². The number of hydrogen-bond acceptors (Lipinski definition) is 5. The molecule has 6 nitrogen and oxygen atoms in total. The summed E-state index contributed by atoms with van der Waals surface area (Å²) in [6.45, 7) is 6.04. The number of nitro groups is 1. The van der Waals surface area contributed by atoms with Crippen molar-refractivity contribution in [2.45, 2.75) is 48.6 Å². The van der Waals surface area contributed by atoms with Crippen LogP contribution in [0, 0.1) is 10.1 Å². The van der Waals surface area contributed by atoms with Gasteiger partial charge >= 0.3 is 12.4 Å². The Balaban J connectivity index is 1.88. The molecule has 0 aliphatic carbocycles. The van der Waals surface area contributed by atoms with Crippen LogP contribution in [0.15, 0.2) is 76.8 Å². The van der Waals surface area contributed by atoms with Crippen LogP contribution < -0.4 is 0 Å². The summed E-state index contributed by atoms with van der Waals surface area (Å²) in [5, 5.41) is 19.7. The van der Waals surface area contributed by atoms with Crippen LogP contribution in [0.2, 0.25) is 0 Å². The molecule has 0 radical (unpaired) electrons. The summed E-state index contributed by atoms with van der Waals surface area (Å²) < 4.78 is 81.2. The minimum absolute atomic E-state index is 0.0155. The maximum atomic E-state index is 13.5. The quantitative estimate of drug-likeness (QED) is 0.138. The van der Waals surface area contributed by atoms with Gasteiger partial charge in [-0.2, -0.15) is 26.3 Å². The minimum Gasteiger partial charge on any atom is -0.270 e. The zero-order valence-corrected chi connectivity index (χ0v) is 21.4. The van der Waals surface area contributed by atoms with E-state index >= 15 is 0 Å². The molecule has 13 heteroatoms. The van der Waals surface area contributed by atoms with Gasteiger partial charge in [-0.25, -0.2) is 0 Å². The van der Waals surface area contributed by atoms with Crippen molar-refractivity contribution < 1.29 is 31.3 Å². The number of hydrogen-bond donors (Lipinski definition) is 0. The first-order valence-electron chi connectivity index (χ1n) is 11.3. The Hall–Kier alpha value is -3.87. The fourth-order valence-corrected chi connectivity index (χ4v) is 4.65. The van der Waals surface area contributed by atoms with Crippen molar-refractivity contribution in [1.82, 2.24) is 14.8 Å². The Morgan fingerprint density at radius 2 is 1.38 bits per heavy atom. The van der Waals surface area contributed by atoms with E-state index in [4.69, 9.17) is 0 Å². The molecule has 4 aromatic rings. The van der Waals surface area contributed by atoms with Gasteiger partial charge in [-0.05, 0) is 53.1 Å². The Morgan fingerprint density at radius 1 is 0.795 bits per heavy atom. The monoisotopic (exact) mass is 566 g/mol. The smallest absolute Gasteiger partial charge is 0.270 e. The summed E-state index contributed by atoms with van der Waals surface area (Å²) in [5.41, 5.74) is -1.65. The highest BCUT2D eigenvalue weighted by Crippen LogP contribution is 2.41. The number of halogens is 6. The molecule has 0 spiro atoms. The molecule has 4 rings (SSSR count). The van der Waals surface area contributed by atoms with Crippen molar-refractivity contribution >= 4 is 17.4 Å². The molecule has 0 unspecified atom stereocenters. The highest BCUT2D eigenvalue weighted by molar-refractivity contribution is 7.99. The van der Waals surface area contributed by atoms with Crippen LogP contribution in [0.25, 0.3) is 17.1 Å². The van der Waals surface area contributed by atoms with Crippen molar-refractivity contribution in [2.24, 2.45) is 0 Å². The average Bonchev–Trinajstić information content (AvgIpc) is 3.26. The van der Waals surface area contributed by atoms with Gasteiger partial charge in [0.25, 0.3) is 5.69 Å². The van der Waals surface area contributed by atoms with Crippen molar-refractivity contribution in [3.63, 3.8) is 0 Å². The third-order valence-corrected chi connectivity index (χ3v) is 6.77. The van der Waals surface area contributed by atoms with Crippen LogP contribution >= 0.6 is 11.8 Å². The zero-order valence-electron chi connectivity index (χ0n) is 20.6. The first kappa shape index (κ1) is 28.1. The summed E-state index contributed by atoms with van der Waals surface area (Å²) in [6, 6.07) is 13.5. The molecule has 0 bridgehead atoms. The maximum Gasteiger partial charge on any atom is 0.416 e. The van der Waals surface area contributed by atoms with Gasteiger partial charge in [-0.1, -0.05) is 51.1 Å². The van der Waals surface area contributed by atoms with E-state index < -0.39 is 34.1 Å². The fraction of sp³-hybridized carbons (Fsp3) is 0.231. The van der Waals surface area contributed by atoms with Gasteiger partial charge in [-0.3, -0.25) is 14.7 Å². The fourth-order valence-electron chi connectivity index (χ4n) is 3.72. The third kappa shape index (κ3) is 6.08. The molecule has 3 aromatic carbocycles. The van der Waals surface area contributed by atoms with Crippen LogP contribution in [0.5, 0.6) is 0 Å². The number of rotatable bonds is 5. The van der Waals surface area contributed by atoms with Crippen molar-refractivity contribution in [3.8, 4) is 17.1 Å². The van der Waals surface area contributed by atoms with Gasteiger partial charge in [-0.15, -0.1) is 10.2 Å². The van der Waals surface area contributed by atoms with Crippen molar-refractivity contribution in [2.75, 3.05) is 0 Å². The second kappa shape index (κ2) is 10.0. The summed E-state index contributed by atoms with van der Waals surface area (Å²) in [7, 11) is 0. The molecule has 204 valence electrons. The Bertz CT molecular complexity index is 1520. The molecule has 0 aliphatic heterocycles. The van der Waals surface area contributed by atoms with Gasteiger partial charge in [0.15, 0.2) is 5.82 Å². The summed E-state index contributed by atoms with van der Waals surface area (Å²) in [5.74, 6) is 0.145. The van der Waals surface area contributed by atoms with E-state index in [0.29, 0.717) is 29.5 Å². The Labute approximate surface area is 222 Å². The van der Waals surface area contributed by atoms with E-state index in [9.17, 15) is 36.5 Å². The number of benzene rings is 3. The van der Waals surface area contributed by atoms with E-state index in [1.165, 1.54) is 16.7 Å². The van der Waals surface area contributed by atoms with E-state index in [2.05, 4.69) is 10.2 Å². The minimum atomic E-state index is -4.81. The van der Waals surface area contributed by atoms with Crippen LogP contribution in [0.3, 0.4) is 0 Å². The lowest BCUT2D eigenvalue weighted by molar-refractivity contribution is -0.388. The van der Waals surface area contributed by atoms with Crippen LogP contribution in [-0.2, 0) is 17.8 Å². The van der Waals surface area contributed by atoms with Gasteiger partial charge in [0.1, 0.15) is 0 Å². The molecule has 1 heterocycles. The number of nitrogens with zero attached hydrogens (tertiary/aromatic N) is 4.